The summed E-state index contributed by atoms with van der Waals surface area (Å²) in [5, 5.41) is 6.99. The zero-order chi connectivity index (χ0) is 22.1. The Morgan fingerprint density at radius 2 is 1.77 bits per heavy atom. The van der Waals surface area contributed by atoms with E-state index in [1.165, 1.54) is 5.56 Å². The molecule has 1 aliphatic rings. The summed E-state index contributed by atoms with van der Waals surface area (Å²) < 4.78 is 0. The number of amides is 1. The van der Waals surface area contributed by atoms with Gasteiger partial charge in [0.2, 0.25) is 0 Å². The molecule has 166 valence electrons. The van der Waals surface area contributed by atoms with E-state index >= 15 is 0 Å². The van der Waals surface area contributed by atoms with Crippen LogP contribution in [0.2, 0.25) is 0 Å². The summed E-state index contributed by atoms with van der Waals surface area (Å²) in [6, 6.07) is 19.0. The van der Waals surface area contributed by atoms with Gasteiger partial charge in [0.25, 0.3) is 5.91 Å². The Balaban J connectivity index is 1.40. The fourth-order valence-electron chi connectivity index (χ4n) is 3.91. The number of piperidine rings is 1. The first-order valence-electron chi connectivity index (χ1n) is 11.1. The van der Waals surface area contributed by atoms with Crippen molar-refractivity contribution < 1.29 is 4.79 Å². The Hall–Kier alpha value is -2.86. The van der Waals surface area contributed by atoms with Gasteiger partial charge in [-0.1, -0.05) is 42.5 Å². The molecule has 2 aromatic rings. The lowest BCUT2D eigenvalue weighted by molar-refractivity contribution is 0.0827. The van der Waals surface area contributed by atoms with Crippen LogP contribution in [0.1, 0.15) is 34.3 Å². The molecular formula is C25H35N5O. The number of hydrogen-bond donors (Lipinski definition) is 2. The molecule has 1 aliphatic heterocycles. The van der Waals surface area contributed by atoms with Crippen LogP contribution in [0.5, 0.6) is 0 Å². The maximum atomic E-state index is 12.1. The van der Waals surface area contributed by atoms with Crippen LogP contribution in [0.3, 0.4) is 0 Å². The Morgan fingerprint density at radius 1 is 1.06 bits per heavy atom. The van der Waals surface area contributed by atoms with Gasteiger partial charge >= 0.3 is 0 Å². The van der Waals surface area contributed by atoms with Crippen LogP contribution < -0.4 is 10.6 Å². The summed E-state index contributed by atoms with van der Waals surface area (Å²) in [6.07, 6.45) is 3.06. The summed E-state index contributed by atoms with van der Waals surface area (Å²) in [6.45, 7) is 3.98. The van der Waals surface area contributed by atoms with Crippen molar-refractivity contribution >= 4 is 11.9 Å². The lowest BCUT2D eigenvalue weighted by Crippen LogP contribution is -2.48. The molecule has 0 spiro atoms. The number of nitrogens with zero attached hydrogens (tertiary/aromatic N) is 3. The summed E-state index contributed by atoms with van der Waals surface area (Å²) in [4.78, 5) is 20.7. The molecule has 0 aliphatic carbocycles. The molecular weight excluding hydrogens is 386 g/mol. The van der Waals surface area contributed by atoms with Crippen LogP contribution in [0.4, 0.5) is 0 Å². The number of likely N-dealkylation sites (tertiary alicyclic amines) is 1. The molecule has 1 heterocycles. The van der Waals surface area contributed by atoms with Gasteiger partial charge in [0.05, 0.1) is 0 Å². The maximum Gasteiger partial charge on any atom is 0.253 e. The van der Waals surface area contributed by atoms with E-state index in [1.807, 2.05) is 25.2 Å². The molecule has 2 N–H and O–H groups in total. The first-order valence-corrected chi connectivity index (χ1v) is 11.1. The van der Waals surface area contributed by atoms with Crippen molar-refractivity contribution in [3.63, 3.8) is 0 Å². The molecule has 1 amide bonds. The van der Waals surface area contributed by atoms with Crippen molar-refractivity contribution in [2.45, 2.75) is 31.8 Å². The van der Waals surface area contributed by atoms with Crippen LogP contribution >= 0.6 is 0 Å². The average Bonchev–Trinajstić information content (AvgIpc) is 2.80. The van der Waals surface area contributed by atoms with Gasteiger partial charge in [-0.2, -0.15) is 0 Å². The van der Waals surface area contributed by atoms with Crippen LogP contribution in [0, 0.1) is 0 Å². The monoisotopic (exact) mass is 421 g/mol. The number of nitrogens with one attached hydrogen (secondary N) is 2. The summed E-state index contributed by atoms with van der Waals surface area (Å²) >= 11 is 0. The van der Waals surface area contributed by atoms with E-state index < -0.39 is 0 Å². The van der Waals surface area contributed by atoms with E-state index in [4.69, 9.17) is 0 Å². The number of carbonyl (C=O) groups is 1. The second-order valence-corrected chi connectivity index (χ2v) is 8.33. The Kier molecular flexibility index (Phi) is 8.47. The molecule has 0 bridgehead atoms. The SMILES string of the molecule is CN=C(NCCc1cccc(C(=O)N(C)C)c1)NC1CCN(Cc2ccccc2)CC1. The number of aliphatic imine (C=N–C) groups is 1. The number of carbonyl (C=O) groups excluding carboxylic acids is 1. The first-order chi connectivity index (χ1) is 15.0. The van der Waals surface area contributed by atoms with E-state index in [9.17, 15) is 4.79 Å². The van der Waals surface area contributed by atoms with E-state index in [-0.39, 0.29) is 5.91 Å². The highest BCUT2D eigenvalue weighted by Crippen LogP contribution is 2.14. The lowest BCUT2D eigenvalue weighted by atomic mass is 10.0. The Bertz CT molecular complexity index is 857. The van der Waals surface area contributed by atoms with Crippen LogP contribution in [-0.4, -0.2) is 68.5 Å². The van der Waals surface area contributed by atoms with Crippen molar-refractivity contribution in [1.29, 1.82) is 0 Å². The molecule has 0 unspecified atom stereocenters. The Morgan fingerprint density at radius 3 is 2.45 bits per heavy atom. The van der Waals surface area contributed by atoms with E-state index in [0.29, 0.717) is 6.04 Å². The molecule has 31 heavy (non-hydrogen) atoms. The predicted octanol–water partition coefficient (Wildman–Crippen LogP) is 2.76. The largest absolute Gasteiger partial charge is 0.356 e. The van der Waals surface area contributed by atoms with Gasteiger partial charge < -0.3 is 15.5 Å². The molecule has 2 aromatic carbocycles. The molecule has 0 radical (unpaired) electrons. The second kappa shape index (κ2) is 11.5. The second-order valence-electron chi connectivity index (χ2n) is 8.33. The number of benzene rings is 2. The summed E-state index contributed by atoms with van der Waals surface area (Å²) in [5.41, 5.74) is 3.25. The van der Waals surface area contributed by atoms with Gasteiger partial charge in [-0.25, -0.2) is 0 Å². The number of rotatable bonds is 7. The molecule has 0 aromatic heterocycles. The van der Waals surface area contributed by atoms with Crippen molar-refractivity contribution in [1.82, 2.24) is 20.4 Å². The van der Waals surface area contributed by atoms with Gasteiger partial charge in [0.1, 0.15) is 0 Å². The molecule has 6 heteroatoms. The number of hydrogen-bond acceptors (Lipinski definition) is 3. The van der Waals surface area contributed by atoms with E-state index in [2.05, 4.69) is 56.9 Å². The standard InChI is InChI=1S/C25H35N5O/c1-26-25(27-15-12-20-10-7-11-22(18-20)24(31)29(2)3)28-23-13-16-30(17-14-23)19-21-8-5-4-6-9-21/h4-11,18,23H,12-17,19H2,1-3H3,(H2,26,27,28). The highest BCUT2D eigenvalue weighted by Gasteiger charge is 2.20. The molecule has 1 saturated heterocycles. The average molecular weight is 422 g/mol. The van der Waals surface area contributed by atoms with Gasteiger partial charge in [0, 0.05) is 58.9 Å². The van der Waals surface area contributed by atoms with Crippen molar-refractivity contribution in [3.8, 4) is 0 Å². The molecule has 0 saturated carbocycles. The van der Waals surface area contributed by atoms with E-state index in [0.717, 1.165) is 62.5 Å². The highest BCUT2D eigenvalue weighted by atomic mass is 16.2. The number of guanidine groups is 1. The molecule has 3 rings (SSSR count). The van der Waals surface area contributed by atoms with Gasteiger partial charge in [-0.15, -0.1) is 0 Å². The van der Waals surface area contributed by atoms with E-state index in [1.54, 1.807) is 19.0 Å². The van der Waals surface area contributed by atoms with Crippen molar-refractivity contribution in [2.75, 3.05) is 40.8 Å². The van der Waals surface area contributed by atoms with Crippen molar-refractivity contribution in [3.05, 3.63) is 71.3 Å². The van der Waals surface area contributed by atoms with Gasteiger partial charge in [-0.3, -0.25) is 14.7 Å². The van der Waals surface area contributed by atoms with Crippen LogP contribution in [-0.2, 0) is 13.0 Å². The molecule has 0 atom stereocenters. The highest BCUT2D eigenvalue weighted by molar-refractivity contribution is 5.94. The van der Waals surface area contributed by atoms with Gasteiger partial charge in [0.15, 0.2) is 5.96 Å². The van der Waals surface area contributed by atoms with Gasteiger partial charge in [-0.05, 0) is 42.5 Å². The smallest absolute Gasteiger partial charge is 0.253 e. The van der Waals surface area contributed by atoms with Crippen LogP contribution in [0.25, 0.3) is 0 Å². The zero-order valence-electron chi connectivity index (χ0n) is 19.0. The minimum absolute atomic E-state index is 0.0332. The quantitative estimate of drug-likeness (QED) is 0.533. The van der Waals surface area contributed by atoms with Crippen molar-refractivity contribution in [2.24, 2.45) is 4.99 Å². The predicted molar refractivity (Wildman–Crippen MR) is 127 cm³/mol. The first kappa shape index (κ1) is 22.8. The maximum absolute atomic E-state index is 12.1. The summed E-state index contributed by atoms with van der Waals surface area (Å²) in [7, 11) is 5.37. The Labute approximate surface area is 186 Å². The third-order valence-corrected chi connectivity index (χ3v) is 5.69. The molecule has 6 nitrogen and oxygen atoms in total. The minimum atomic E-state index is 0.0332. The zero-order valence-corrected chi connectivity index (χ0v) is 19.0. The molecule has 1 fully saturated rings. The topological polar surface area (TPSA) is 60.0 Å². The minimum Gasteiger partial charge on any atom is -0.356 e. The lowest BCUT2D eigenvalue weighted by Gasteiger charge is -2.33. The normalized spacial score (nSPS) is 15.5. The fourth-order valence-corrected chi connectivity index (χ4v) is 3.91. The summed E-state index contributed by atoms with van der Waals surface area (Å²) in [5.74, 6) is 0.882. The third kappa shape index (κ3) is 7.10. The third-order valence-electron chi connectivity index (χ3n) is 5.69. The van der Waals surface area contributed by atoms with Crippen LogP contribution in [0.15, 0.2) is 59.6 Å². The fraction of sp³-hybridized carbons (Fsp3) is 0.440.